The van der Waals surface area contributed by atoms with Gasteiger partial charge >= 0.3 is 120 Å². The van der Waals surface area contributed by atoms with Crippen molar-refractivity contribution in [1.29, 1.82) is 0 Å². The Morgan fingerprint density at radius 1 is 0.232 bits per heavy atom. The molecular formula is C23H5Cl3F42Si. The molecule has 0 nitrogen and oxygen atoms in total. The molecule has 69 heavy (non-hydrogen) atoms. The van der Waals surface area contributed by atoms with Crippen LogP contribution in [0.3, 0.4) is 0 Å². The molecule has 416 valence electrons. The molecule has 0 heterocycles. The topological polar surface area (TPSA) is 0 Å². The van der Waals surface area contributed by atoms with Gasteiger partial charge in [-0.1, -0.05) is 0 Å². The maximum Gasteiger partial charge on any atom is 0.460 e. The largest absolute Gasteiger partial charge is 0.460 e. The summed E-state index contributed by atoms with van der Waals surface area (Å²) in [6.07, 6.45) is -43.7. The molecule has 0 amide bonds. The lowest BCUT2D eigenvalue weighted by atomic mass is 9.58. The van der Waals surface area contributed by atoms with Gasteiger partial charge in [0, 0.05) is 12.0 Å². The molecule has 0 spiro atoms. The van der Waals surface area contributed by atoms with Crippen LogP contribution < -0.4 is 0 Å². The zero-order chi connectivity index (χ0) is 57.5. The summed E-state index contributed by atoms with van der Waals surface area (Å²) in [4.78, 5) is 0. The highest BCUT2D eigenvalue weighted by molar-refractivity contribution is 7.65. The van der Waals surface area contributed by atoms with Gasteiger partial charge in [-0.05, 0) is 6.42 Å². The summed E-state index contributed by atoms with van der Waals surface area (Å²) < 4.78 is 597. The second-order valence-electron chi connectivity index (χ2n) is 13.2. The molecule has 0 aromatic carbocycles. The molecule has 0 rings (SSSR count). The van der Waals surface area contributed by atoms with Crippen molar-refractivity contribution in [3.8, 4) is 0 Å². The SMILES string of the molecule is FC(F)(F)CCC(C(C(F)(F)C(F)(F)C(F)(F)C(F)(F)C(F)(F)C(F)(F)F)(C(F)(F)C(F)(F)C(F)(F)C(F)(F)C(F)(F)C(F)(F)F)C(F)(F)C(F)(F)C(F)(F)C(F)(F)C(F)(F)C(F)(F)F)[Si](Cl)(Cl)Cl. The Morgan fingerprint density at radius 3 is 0.507 bits per heavy atom. The molecule has 0 saturated heterocycles. The van der Waals surface area contributed by atoms with Crippen molar-refractivity contribution < 1.29 is 184 Å². The van der Waals surface area contributed by atoms with Gasteiger partial charge in [0.2, 0.25) is 0 Å². The van der Waals surface area contributed by atoms with E-state index in [0.717, 1.165) is 0 Å². The van der Waals surface area contributed by atoms with Crippen molar-refractivity contribution in [2.24, 2.45) is 5.41 Å². The van der Waals surface area contributed by atoms with Gasteiger partial charge in [0.1, 0.15) is 0 Å². The molecule has 46 heteroatoms. The van der Waals surface area contributed by atoms with Gasteiger partial charge < -0.3 is 0 Å². The van der Waals surface area contributed by atoms with Gasteiger partial charge in [-0.15, -0.1) is 33.2 Å². The van der Waals surface area contributed by atoms with E-state index in [1.54, 1.807) is 0 Å². The van der Waals surface area contributed by atoms with E-state index >= 15 is 52.7 Å². The van der Waals surface area contributed by atoms with Crippen molar-refractivity contribution in [1.82, 2.24) is 0 Å². The minimum atomic E-state index is -11.5. The minimum absolute atomic E-state index is 4.35. The molecule has 0 aliphatic rings. The predicted octanol–water partition coefficient (Wildman–Crippen LogP) is 16.6. The number of halogens is 45. The monoisotopic (exact) mass is 1210 g/mol. The van der Waals surface area contributed by atoms with Crippen LogP contribution in [0.15, 0.2) is 0 Å². The molecule has 0 fully saturated rings. The molecule has 0 radical (unpaired) electrons. The second kappa shape index (κ2) is 16.8. The molecule has 1 atom stereocenters. The second-order valence-corrected chi connectivity index (χ2v) is 22.1. The first-order valence-electron chi connectivity index (χ1n) is 14.8. The van der Waals surface area contributed by atoms with E-state index < -0.39 is 143 Å². The standard InChI is InChI=1S/C23H5Cl3F42Si/c24-69(25,26)3(1-2-4(27,28)29)5(6(30,31)9(36,37)12(42,43)15(48,49)18(54,55)21(60,61)62,7(32,33)10(38,39)13(44,45)16(50,51)19(56,57)22(63,64)65)8(34,35)11(40,41)14(46,47)17(52,53)20(58,59)23(66,67)68/h3H,1-2H2. The molecule has 0 aromatic heterocycles. The summed E-state index contributed by atoms with van der Waals surface area (Å²) in [6.45, 7) is 0. The molecule has 0 N–H and O–H groups in total. The van der Waals surface area contributed by atoms with E-state index in [1.165, 1.54) is 0 Å². The highest BCUT2D eigenvalue weighted by Crippen LogP contribution is 2.81. The Morgan fingerprint density at radius 2 is 0.377 bits per heavy atom. The van der Waals surface area contributed by atoms with Gasteiger partial charge in [0.05, 0.1) is 0 Å². The van der Waals surface area contributed by atoms with E-state index in [0.29, 0.717) is 0 Å². The van der Waals surface area contributed by atoms with Crippen molar-refractivity contribution in [2.45, 2.75) is 132 Å². The highest BCUT2D eigenvalue weighted by atomic mass is 35.8. The first-order valence-corrected chi connectivity index (χ1v) is 20.0. The van der Waals surface area contributed by atoms with Crippen molar-refractivity contribution >= 4 is 39.2 Å². The molecule has 0 aliphatic carbocycles. The third-order valence-corrected chi connectivity index (χ3v) is 12.8. The Hall–Kier alpha value is -1.85. The molecule has 0 aliphatic heterocycles. The van der Waals surface area contributed by atoms with E-state index in [9.17, 15) is 132 Å². The van der Waals surface area contributed by atoms with Crippen LogP contribution in [-0.2, 0) is 0 Å². The van der Waals surface area contributed by atoms with Crippen molar-refractivity contribution in [3.63, 3.8) is 0 Å². The molecule has 0 bridgehead atoms. The average molecular weight is 1210 g/mol. The van der Waals surface area contributed by atoms with Crippen LogP contribution in [0.25, 0.3) is 0 Å². The van der Waals surface area contributed by atoms with Gasteiger partial charge in [-0.3, -0.25) is 0 Å². The summed E-state index contributed by atoms with van der Waals surface area (Å²) in [5, 5.41) is 0. The fourth-order valence-corrected chi connectivity index (χ4v) is 9.19. The summed E-state index contributed by atoms with van der Waals surface area (Å²) >= 11 is 13.0. The van der Waals surface area contributed by atoms with Crippen molar-refractivity contribution in [3.05, 3.63) is 0 Å². The summed E-state index contributed by atoms with van der Waals surface area (Å²) in [5.41, 5.74) is -19.0. The fourth-order valence-electron chi connectivity index (χ4n) is 5.23. The maximum atomic E-state index is 16.2. The van der Waals surface area contributed by atoms with Crippen LogP contribution in [0.4, 0.5) is 184 Å². The van der Waals surface area contributed by atoms with Gasteiger partial charge in [-0.25, -0.2) is 0 Å². The Labute approximate surface area is 361 Å². The van der Waals surface area contributed by atoms with Gasteiger partial charge in [0.25, 0.3) is 0 Å². The number of rotatable bonds is 19. The van der Waals surface area contributed by atoms with Crippen LogP contribution in [-0.4, -0.2) is 120 Å². The first kappa shape index (κ1) is 67.1. The lowest BCUT2D eigenvalue weighted by Crippen LogP contribution is -2.86. The highest BCUT2D eigenvalue weighted by Gasteiger charge is 3.07. The third kappa shape index (κ3) is 8.58. The number of alkyl halides is 42. The average Bonchev–Trinajstić information content (AvgIpc) is 3.05. The van der Waals surface area contributed by atoms with Gasteiger partial charge in [-0.2, -0.15) is 184 Å². The summed E-state index contributed by atoms with van der Waals surface area (Å²) in [7, 11) is 0. The molecule has 0 aromatic rings. The normalized spacial score (nSPS) is 17.7. The zero-order valence-electron chi connectivity index (χ0n) is 29.5. The van der Waals surface area contributed by atoms with Crippen LogP contribution in [0.5, 0.6) is 0 Å². The van der Waals surface area contributed by atoms with E-state index in [2.05, 4.69) is 33.2 Å². The van der Waals surface area contributed by atoms with Crippen molar-refractivity contribution in [2.75, 3.05) is 0 Å². The Kier molecular flexibility index (Phi) is 16.4. The number of hydrogen-bond donors (Lipinski definition) is 0. The predicted molar refractivity (Wildman–Crippen MR) is 137 cm³/mol. The number of hydrogen-bond acceptors (Lipinski definition) is 0. The maximum absolute atomic E-state index is 16.2. The van der Waals surface area contributed by atoms with Crippen LogP contribution in [0, 0.1) is 5.41 Å². The molecular weight excluding hydrogens is 1210 g/mol. The van der Waals surface area contributed by atoms with Crippen LogP contribution in [0.2, 0.25) is 5.54 Å². The summed E-state index contributed by atoms with van der Waals surface area (Å²) in [6, 6.07) is -8.91. The first-order chi connectivity index (χ1) is 28.8. The van der Waals surface area contributed by atoms with Crippen LogP contribution >= 0.6 is 33.2 Å². The zero-order valence-corrected chi connectivity index (χ0v) is 32.8. The molecule has 1 unspecified atom stereocenters. The van der Waals surface area contributed by atoms with E-state index in [-0.39, 0.29) is 0 Å². The minimum Gasteiger partial charge on any atom is -0.198 e. The Balaban J connectivity index is 10.8. The van der Waals surface area contributed by atoms with Gasteiger partial charge in [0.15, 0.2) is 5.41 Å². The quantitative estimate of drug-likeness (QED) is 0.0687. The summed E-state index contributed by atoms with van der Waals surface area (Å²) in [5.74, 6) is -160. The molecule has 0 saturated carbocycles. The lowest BCUT2D eigenvalue weighted by molar-refractivity contribution is -0.513. The lowest BCUT2D eigenvalue weighted by Gasteiger charge is -2.59. The third-order valence-electron chi connectivity index (χ3n) is 8.92. The Bertz CT molecular complexity index is 1640. The van der Waals surface area contributed by atoms with E-state index in [1.807, 2.05) is 0 Å². The van der Waals surface area contributed by atoms with E-state index in [4.69, 9.17) is 0 Å². The fraction of sp³-hybridized carbons (Fsp3) is 1.00. The smallest absolute Gasteiger partial charge is 0.198 e. The van der Waals surface area contributed by atoms with Crippen LogP contribution in [0.1, 0.15) is 12.8 Å².